The molecule has 4 nitrogen and oxygen atoms in total. The van der Waals surface area contributed by atoms with Gasteiger partial charge in [-0.1, -0.05) is 40.7 Å². The van der Waals surface area contributed by atoms with E-state index in [-0.39, 0.29) is 18.3 Å². The molecule has 0 N–H and O–H groups in total. The number of likely N-dealkylation sites (N-methyl/N-ethyl adjacent to an activating group) is 1. The minimum Gasteiger partial charge on any atom is -0.308 e. The summed E-state index contributed by atoms with van der Waals surface area (Å²) >= 11 is 1.56. The number of hydrogen-bond acceptors (Lipinski definition) is 4. The molecule has 0 aliphatic rings. The fourth-order valence-electron chi connectivity index (χ4n) is 2.81. The zero-order valence-electron chi connectivity index (χ0n) is 15.5. The van der Waals surface area contributed by atoms with Crippen LogP contribution in [0.4, 0.5) is 5.13 Å². The number of aryl methyl sites for hydroxylation is 2. The lowest BCUT2D eigenvalue weighted by atomic mass is 10.1. The maximum atomic E-state index is 13.2. The molecule has 0 spiro atoms. The molecule has 0 aliphatic heterocycles. The Hall–Kier alpha value is -1.95. The SMILES string of the molecule is Cc1cc(C)cc(C(=O)N(CCN(C)C)c2nc3ccccc3s2)c1.Cl. The summed E-state index contributed by atoms with van der Waals surface area (Å²) in [4.78, 5) is 21.8. The quantitative estimate of drug-likeness (QED) is 0.642. The van der Waals surface area contributed by atoms with E-state index in [9.17, 15) is 4.79 Å². The lowest BCUT2D eigenvalue weighted by Crippen LogP contribution is -2.36. The predicted molar refractivity (Wildman–Crippen MR) is 113 cm³/mol. The zero-order valence-corrected chi connectivity index (χ0v) is 17.2. The van der Waals surface area contributed by atoms with Crippen LogP contribution in [0.25, 0.3) is 10.2 Å². The average Bonchev–Trinajstić information content (AvgIpc) is 2.97. The number of para-hydroxylation sites is 1. The maximum Gasteiger partial charge on any atom is 0.260 e. The molecule has 1 heterocycles. The lowest BCUT2D eigenvalue weighted by molar-refractivity contribution is 0.0985. The number of nitrogens with zero attached hydrogens (tertiary/aromatic N) is 3. The van der Waals surface area contributed by atoms with Crippen molar-refractivity contribution in [1.29, 1.82) is 0 Å². The van der Waals surface area contributed by atoms with Gasteiger partial charge in [-0.05, 0) is 52.2 Å². The van der Waals surface area contributed by atoms with Gasteiger partial charge in [0.15, 0.2) is 5.13 Å². The van der Waals surface area contributed by atoms with E-state index >= 15 is 0 Å². The van der Waals surface area contributed by atoms with Crippen LogP contribution in [0.3, 0.4) is 0 Å². The molecule has 0 radical (unpaired) electrons. The van der Waals surface area contributed by atoms with Gasteiger partial charge in [-0.2, -0.15) is 0 Å². The van der Waals surface area contributed by atoms with Gasteiger partial charge in [-0.3, -0.25) is 9.69 Å². The van der Waals surface area contributed by atoms with Crippen molar-refractivity contribution in [3.63, 3.8) is 0 Å². The molecule has 1 amide bonds. The maximum absolute atomic E-state index is 13.2. The number of carbonyl (C=O) groups is 1. The molecule has 0 aliphatic carbocycles. The van der Waals surface area contributed by atoms with Crippen LogP contribution in [0, 0.1) is 13.8 Å². The first kappa shape index (κ1) is 20.4. The molecule has 0 atom stereocenters. The van der Waals surface area contributed by atoms with Crippen LogP contribution in [0.2, 0.25) is 0 Å². The molecule has 6 heteroatoms. The number of halogens is 1. The van der Waals surface area contributed by atoms with E-state index in [0.717, 1.165) is 38.6 Å². The van der Waals surface area contributed by atoms with Gasteiger partial charge in [0.05, 0.1) is 10.2 Å². The summed E-state index contributed by atoms with van der Waals surface area (Å²) in [5, 5.41) is 0.757. The second-order valence-corrected chi connectivity index (χ2v) is 7.61. The average molecular weight is 390 g/mol. The highest BCUT2D eigenvalue weighted by molar-refractivity contribution is 7.22. The molecule has 138 valence electrons. The number of anilines is 1. The summed E-state index contributed by atoms with van der Waals surface area (Å²) in [5.74, 6) is 0.00714. The van der Waals surface area contributed by atoms with Crippen LogP contribution in [0.5, 0.6) is 0 Å². The van der Waals surface area contributed by atoms with Crippen molar-refractivity contribution in [2.75, 3.05) is 32.1 Å². The molecule has 0 fully saturated rings. The molecular weight excluding hydrogens is 366 g/mol. The van der Waals surface area contributed by atoms with Crippen LogP contribution in [-0.2, 0) is 0 Å². The topological polar surface area (TPSA) is 36.4 Å². The second kappa shape index (κ2) is 8.62. The van der Waals surface area contributed by atoms with Gasteiger partial charge in [0.2, 0.25) is 0 Å². The third-order valence-electron chi connectivity index (χ3n) is 4.00. The van der Waals surface area contributed by atoms with Crippen molar-refractivity contribution in [3.05, 3.63) is 59.2 Å². The standard InChI is InChI=1S/C20H23N3OS.ClH/c1-14-11-15(2)13-16(12-14)19(24)23(10-9-22(3)4)20-21-17-7-5-6-8-18(17)25-20;/h5-8,11-13H,9-10H2,1-4H3;1H. The van der Waals surface area contributed by atoms with Gasteiger partial charge >= 0.3 is 0 Å². The van der Waals surface area contributed by atoms with Gasteiger partial charge in [0.1, 0.15) is 0 Å². The van der Waals surface area contributed by atoms with Crippen molar-refractivity contribution in [2.45, 2.75) is 13.8 Å². The Balaban J connectivity index is 0.00000243. The molecule has 0 bridgehead atoms. The Labute approximate surface area is 164 Å². The molecule has 3 aromatic rings. The normalized spacial score (nSPS) is 10.8. The monoisotopic (exact) mass is 389 g/mol. The summed E-state index contributed by atoms with van der Waals surface area (Å²) in [5.41, 5.74) is 3.85. The Morgan fingerprint density at radius 3 is 2.31 bits per heavy atom. The zero-order chi connectivity index (χ0) is 18.0. The fraction of sp³-hybridized carbons (Fsp3) is 0.300. The molecule has 3 rings (SSSR count). The number of amides is 1. The van der Waals surface area contributed by atoms with E-state index in [1.165, 1.54) is 0 Å². The van der Waals surface area contributed by atoms with E-state index in [1.807, 2.05) is 64.3 Å². The molecule has 0 saturated carbocycles. The Morgan fingerprint density at radius 2 is 1.69 bits per heavy atom. The number of thiazole rings is 1. The van der Waals surface area contributed by atoms with E-state index < -0.39 is 0 Å². The highest BCUT2D eigenvalue weighted by Crippen LogP contribution is 2.29. The number of hydrogen-bond donors (Lipinski definition) is 0. The first-order valence-corrected chi connectivity index (χ1v) is 9.16. The molecule has 2 aromatic carbocycles. The third-order valence-corrected chi connectivity index (χ3v) is 5.06. The molecular formula is C20H24ClN3OS. The minimum atomic E-state index is 0. The van der Waals surface area contributed by atoms with Crippen molar-refractivity contribution in [3.8, 4) is 0 Å². The summed E-state index contributed by atoms with van der Waals surface area (Å²) in [6, 6.07) is 14.0. The largest absolute Gasteiger partial charge is 0.308 e. The highest BCUT2D eigenvalue weighted by Gasteiger charge is 2.21. The lowest BCUT2D eigenvalue weighted by Gasteiger charge is -2.22. The van der Waals surface area contributed by atoms with Crippen LogP contribution in [0.1, 0.15) is 21.5 Å². The summed E-state index contributed by atoms with van der Waals surface area (Å²) in [7, 11) is 4.02. The predicted octanol–water partition coefficient (Wildman–Crippen LogP) is 4.54. The number of rotatable bonds is 5. The van der Waals surface area contributed by atoms with E-state index in [2.05, 4.69) is 16.0 Å². The summed E-state index contributed by atoms with van der Waals surface area (Å²) in [6.07, 6.45) is 0. The number of carbonyl (C=O) groups excluding carboxylic acids is 1. The fourth-order valence-corrected chi connectivity index (χ4v) is 3.80. The van der Waals surface area contributed by atoms with Gasteiger partial charge in [0, 0.05) is 18.7 Å². The number of benzene rings is 2. The molecule has 26 heavy (non-hydrogen) atoms. The number of aromatic nitrogens is 1. The van der Waals surface area contributed by atoms with Crippen LogP contribution in [0.15, 0.2) is 42.5 Å². The smallest absolute Gasteiger partial charge is 0.260 e. The van der Waals surface area contributed by atoms with E-state index in [1.54, 1.807) is 16.2 Å². The van der Waals surface area contributed by atoms with Gasteiger partial charge in [0.25, 0.3) is 5.91 Å². The first-order valence-electron chi connectivity index (χ1n) is 8.34. The second-order valence-electron chi connectivity index (χ2n) is 6.60. The van der Waals surface area contributed by atoms with Gasteiger partial charge in [-0.15, -0.1) is 12.4 Å². The number of fused-ring (bicyclic) bond motifs is 1. The Morgan fingerprint density at radius 1 is 1.04 bits per heavy atom. The molecule has 0 unspecified atom stereocenters. The van der Waals surface area contributed by atoms with Crippen LogP contribution in [-0.4, -0.2) is 43.0 Å². The summed E-state index contributed by atoms with van der Waals surface area (Å²) < 4.78 is 1.10. The van der Waals surface area contributed by atoms with Crippen molar-refractivity contribution >= 4 is 45.0 Å². The van der Waals surface area contributed by atoms with Gasteiger partial charge < -0.3 is 4.90 Å². The molecule has 0 saturated heterocycles. The van der Waals surface area contributed by atoms with Crippen molar-refractivity contribution < 1.29 is 4.79 Å². The van der Waals surface area contributed by atoms with E-state index in [4.69, 9.17) is 0 Å². The summed E-state index contributed by atoms with van der Waals surface area (Å²) in [6.45, 7) is 5.43. The van der Waals surface area contributed by atoms with Gasteiger partial charge in [-0.25, -0.2) is 4.98 Å². The first-order chi connectivity index (χ1) is 11.9. The van der Waals surface area contributed by atoms with Crippen molar-refractivity contribution in [1.82, 2.24) is 9.88 Å². The van der Waals surface area contributed by atoms with E-state index in [0.29, 0.717) is 6.54 Å². The third kappa shape index (κ3) is 4.61. The highest BCUT2D eigenvalue weighted by atomic mass is 35.5. The van der Waals surface area contributed by atoms with Crippen LogP contribution < -0.4 is 4.90 Å². The molecule has 1 aromatic heterocycles. The van der Waals surface area contributed by atoms with Crippen LogP contribution >= 0.6 is 23.7 Å². The minimum absolute atomic E-state index is 0. The Kier molecular flexibility index (Phi) is 6.75. The Bertz CT molecular complexity index is 854. The van der Waals surface area contributed by atoms with Crippen molar-refractivity contribution in [2.24, 2.45) is 0 Å².